The van der Waals surface area contributed by atoms with Crippen molar-refractivity contribution in [3.63, 3.8) is 0 Å². The second-order valence-corrected chi connectivity index (χ2v) is 7.32. The zero-order chi connectivity index (χ0) is 21.4. The normalized spacial score (nSPS) is 11.6. The van der Waals surface area contributed by atoms with Crippen molar-refractivity contribution >= 4 is 45.9 Å². The van der Waals surface area contributed by atoms with Crippen molar-refractivity contribution in [2.75, 3.05) is 0 Å². The molecule has 0 atom stereocenters. The van der Waals surface area contributed by atoms with Crippen molar-refractivity contribution in [3.05, 3.63) is 99.1 Å². The lowest BCUT2D eigenvalue weighted by Gasteiger charge is -2.07. The number of H-pyrrole nitrogens is 1. The van der Waals surface area contributed by atoms with Gasteiger partial charge in [-0.3, -0.25) is 15.2 Å². The molecule has 0 spiro atoms. The molecule has 5 rings (SSSR count). The van der Waals surface area contributed by atoms with E-state index in [2.05, 4.69) is 44.1 Å². The summed E-state index contributed by atoms with van der Waals surface area (Å²) in [4.78, 5) is 10.8. The second-order valence-electron chi connectivity index (χ2n) is 6.94. The predicted molar refractivity (Wildman–Crippen MR) is 122 cm³/mol. The molecule has 9 heteroatoms. The third-order valence-electron chi connectivity index (χ3n) is 5.14. The van der Waals surface area contributed by atoms with E-state index in [1.165, 1.54) is 17.0 Å². The summed E-state index contributed by atoms with van der Waals surface area (Å²) >= 11 is 5.35. The fourth-order valence-corrected chi connectivity index (χ4v) is 3.94. The molecule has 0 aliphatic carbocycles. The van der Waals surface area contributed by atoms with Crippen LogP contribution in [0, 0.1) is 14.9 Å². The van der Waals surface area contributed by atoms with Gasteiger partial charge in [-0.15, -0.1) is 0 Å². The second kappa shape index (κ2) is 7.62. The first kappa shape index (κ1) is 18.9. The van der Waals surface area contributed by atoms with E-state index in [0.29, 0.717) is 22.7 Å². The highest BCUT2D eigenvalue weighted by molar-refractivity contribution is 7.71. The Balaban J connectivity index is 1.59. The first-order chi connectivity index (χ1) is 15.1. The number of hydrogen-bond acceptors (Lipinski definition) is 5. The summed E-state index contributed by atoms with van der Waals surface area (Å²) in [6.45, 7) is 0.426. The van der Waals surface area contributed by atoms with Crippen LogP contribution in [0.25, 0.3) is 21.8 Å². The molecule has 31 heavy (non-hydrogen) atoms. The molecule has 0 radical (unpaired) electrons. The van der Waals surface area contributed by atoms with E-state index in [1.54, 1.807) is 18.2 Å². The maximum absolute atomic E-state index is 11.3. The number of hydrogen-bond donors (Lipinski definition) is 1. The number of aromatic amines is 1. The number of fused-ring (bicyclic) bond motifs is 3. The lowest BCUT2D eigenvalue weighted by Crippen LogP contribution is -2.06. The molecule has 0 fully saturated rings. The van der Waals surface area contributed by atoms with E-state index >= 15 is 0 Å². The minimum atomic E-state index is -0.436. The van der Waals surface area contributed by atoms with Crippen molar-refractivity contribution in [1.82, 2.24) is 19.4 Å². The SMILES string of the molecule is O=[N+]([O-])c1ccccc1/C=N/n1c(Cn2c3ccccc3c3ccccc32)n[nH]c1=S. The number of nitrogens with zero attached hydrogens (tertiary/aromatic N) is 5. The standard InChI is InChI=1S/C22H16N6O2S/c29-28(30)18-10-4-1-7-15(18)13-23-27-21(24-25-22(27)31)14-26-19-11-5-2-8-16(19)17-9-3-6-12-20(17)26/h1-13H,14H2,(H,25,31)/b23-13+. The number of nitro groups is 1. The summed E-state index contributed by atoms with van der Waals surface area (Å²) in [7, 11) is 0. The van der Waals surface area contributed by atoms with Crippen LogP contribution in [0.4, 0.5) is 5.69 Å². The van der Waals surface area contributed by atoms with Crippen LogP contribution in [0.15, 0.2) is 77.9 Å². The summed E-state index contributed by atoms with van der Waals surface area (Å²) in [6.07, 6.45) is 1.43. The van der Waals surface area contributed by atoms with E-state index in [1.807, 2.05) is 24.3 Å². The van der Waals surface area contributed by atoms with Crippen LogP contribution in [0.2, 0.25) is 0 Å². The molecule has 8 nitrogen and oxygen atoms in total. The van der Waals surface area contributed by atoms with Gasteiger partial charge in [0, 0.05) is 27.9 Å². The van der Waals surface area contributed by atoms with Crippen molar-refractivity contribution in [2.45, 2.75) is 6.54 Å². The third kappa shape index (κ3) is 3.30. The molecule has 1 N–H and O–H groups in total. The van der Waals surface area contributed by atoms with Gasteiger partial charge in [-0.25, -0.2) is 0 Å². The van der Waals surface area contributed by atoms with Gasteiger partial charge in [0.15, 0.2) is 5.82 Å². The topological polar surface area (TPSA) is 94.0 Å². The van der Waals surface area contributed by atoms with Gasteiger partial charge in [-0.1, -0.05) is 48.5 Å². The van der Waals surface area contributed by atoms with E-state index in [9.17, 15) is 10.1 Å². The third-order valence-corrected chi connectivity index (χ3v) is 5.41. The predicted octanol–water partition coefficient (Wildman–Crippen LogP) is 4.89. The minimum Gasteiger partial charge on any atom is -0.333 e. The van der Waals surface area contributed by atoms with Crippen molar-refractivity contribution < 1.29 is 4.92 Å². The molecule has 0 amide bonds. The number of nitro benzene ring substituents is 1. The summed E-state index contributed by atoms with van der Waals surface area (Å²) in [6, 6.07) is 22.8. The molecule has 0 saturated carbocycles. The van der Waals surface area contributed by atoms with Crippen LogP contribution in [0.1, 0.15) is 11.4 Å². The number of benzene rings is 3. The minimum absolute atomic E-state index is 0.0230. The van der Waals surface area contributed by atoms with E-state index in [0.717, 1.165) is 21.8 Å². The van der Waals surface area contributed by atoms with Crippen molar-refractivity contribution in [2.24, 2.45) is 5.10 Å². The maximum atomic E-state index is 11.3. The Bertz CT molecular complexity index is 1470. The van der Waals surface area contributed by atoms with Gasteiger partial charge < -0.3 is 4.57 Å². The number of para-hydroxylation sites is 3. The summed E-state index contributed by atoms with van der Waals surface area (Å²) < 4.78 is 3.97. The fourth-order valence-electron chi connectivity index (χ4n) is 3.74. The van der Waals surface area contributed by atoms with E-state index in [-0.39, 0.29) is 5.69 Å². The largest absolute Gasteiger partial charge is 0.333 e. The van der Waals surface area contributed by atoms with Gasteiger partial charge in [0.1, 0.15) is 0 Å². The van der Waals surface area contributed by atoms with Crippen LogP contribution in [-0.4, -0.2) is 30.6 Å². The summed E-state index contributed by atoms with van der Waals surface area (Å²) in [5, 5.41) is 25.1. The highest BCUT2D eigenvalue weighted by atomic mass is 32.1. The molecular weight excluding hydrogens is 412 g/mol. The number of nitrogens with one attached hydrogen (secondary N) is 1. The molecule has 5 aromatic rings. The van der Waals surface area contributed by atoms with Gasteiger partial charge in [-0.05, 0) is 30.4 Å². The van der Waals surface area contributed by atoms with Gasteiger partial charge in [0.2, 0.25) is 4.77 Å². The summed E-state index contributed by atoms with van der Waals surface area (Å²) in [5.41, 5.74) is 2.52. The quantitative estimate of drug-likeness (QED) is 0.187. The Labute approximate surface area is 181 Å². The Morgan fingerprint density at radius 2 is 1.61 bits per heavy atom. The summed E-state index contributed by atoms with van der Waals surface area (Å²) in [5.74, 6) is 0.589. The van der Waals surface area contributed by atoms with Crippen LogP contribution >= 0.6 is 12.2 Å². The molecular formula is C22H16N6O2S. The number of aromatic nitrogens is 4. The Morgan fingerprint density at radius 1 is 1.00 bits per heavy atom. The molecule has 0 unspecified atom stereocenters. The highest BCUT2D eigenvalue weighted by Gasteiger charge is 2.14. The highest BCUT2D eigenvalue weighted by Crippen LogP contribution is 2.29. The van der Waals surface area contributed by atoms with Gasteiger partial charge in [-0.2, -0.15) is 14.9 Å². The number of rotatable bonds is 5. The molecule has 0 aliphatic rings. The monoisotopic (exact) mass is 428 g/mol. The van der Waals surface area contributed by atoms with Crippen molar-refractivity contribution in [3.8, 4) is 0 Å². The molecule has 2 aromatic heterocycles. The first-order valence-electron chi connectivity index (χ1n) is 9.53. The van der Waals surface area contributed by atoms with Crippen LogP contribution in [0.3, 0.4) is 0 Å². The van der Waals surface area contributed by atoms with Gasteiger partial charge in [0.05, 0.1) is 23.2 Å². The van der Waals surface area contributed by atoms with Gasteiger partial charge >= 0.3 is 0 Å². The van der Waals surface area contributed by atoms with Crippen LogP contribution < -0.4 is 0 Å². The Morgan fingerprint density at radius 3 is 2.29 bits per heavy atom. The molecule has 0 aliphatic heterocycles. The molecule has 0 bridgehead atoms. The average molecular weight is 428 g/mol. The van der Waals surface area contributed by atoms with E-state index < -0.39 is 4.92 Å². The zero-order valence-corrected chi connectivity index (χ0v) is 17.0. The van der Waals surface area contributed by atoms with Crippen LogP contribution in [-0.2, 0) is 6.54 Å². The lowest BCUT2D eigenvalue weighted by molar-refractivity contribution is -0.385. The first-order valence-corrected chi connectivity index (χ1v) is 9.94. The molecule has 2 heterocycles. The maximum Gasteiger partial charge on any atom is 0.278 e. The zero-order valence-electron chi connectivity index (χ0n) is 16.2. The smallest absolute Gasteiger partial charge is 0.278 e. The van der Waals surface area contributed by atoms with E-state index in [4.69, 9.17) is 12.2 Å². The van der Waals surface area contributed by atoms with Crippen LogP contribution in [0.5, 0.6) is 0 Å². The molecule has 3 aromatic carbocycles. The Kier molecular flexibility index (Phi) is 4.64. The van der Waals surface area contributed by atoms with Crippen molar-refractivity contribution in [1.29, 1.82) is 0 Å². The lowest BCUT2D eigenvalue weighted by atomic mass is 10.2. The fraction of sp³-hybridized carbons (Fsp3) is 0.0455. The Hall–Kier alpha value is -4.11. The van der Waals surface area contributed by atoms with Gasteiger partial charge in [0.25, 0.3) is 5.69 Å². The molecule has 0 saturated heterocycles. The average Bonchev–Trinajstić information content (AvgIpc) is 3.30. The molecule has 152 valence electrons.